The molecule has 1 saturated heterocycles. The molecule has 1 N–H and O–H groups in total. The van der Waals surface area contributed by atoms with E-state index in [0.29, 0.717) is 11.1 Å². The Balaban J connectivity index is 1.58. The average molecular weight is 314 g/mol. The minimum Gasteiger partial charge on any atom is -0.423 e. The number of amides is 1. The number of hydrogen-bond acceptors (Lipinski definition) is 6. The Morgan fingerprint density at radius 2 is 2.32 bits per heavy atom. The minimum absolute atomic E-state index is 0.0605. The average Bonchev–Trinajstić information content (AvgIpc) is 3.26. The second-order valence-electron chi connectivity index (χ2n) is 5.14. The highest BCUT2D eigenvalue weighted by Crippen LogP contribution is 2.29. The third-order valence-electron chi connectivity index (χ3n) is 3.75. The van der Waals surface area contributed by atoms with Gasteiger partial charge in [0.1, 0.15) is 11.6 Å². The number of thiazole rings is 1. The van der Waals surface area contributed by atoms with Crippen LogP contribution in [0.2, 0.25) is 0 Å². The molecule has 1 aliphatic heterocycles. The van der Waals surface area contributed by atoms with E-state index in [0.717, 1.165) is 30.5 Å². The fourth-order valence-electron chi connectivity index (χ4n) is 2.73. The van der Waals surface area contributed by atoms with Crippen molar-refractivity contribution < 1.29 is 9.21 Å². The molecule has 0 radical (unpaired) electrons. The molecule has 0 bridgehead atoms. The standard InChI is InChI=1S/C15H14N4O2S/c20-13(18-14-16-7-9-22-14)11-5-3-8-19(11)15-17-10-4-1-2-6-12(10)21-15/h1-2,4,6-7,9,11H,3,5,8H2,(H,16,18,20). The van der Waals surface area contributed by atoms with Gasteiger partial charge in [0.25, 0.3) is 6.01 Å². The van der Waals surface area contributed by atoms with E-state index in [9.17, 15) is 4.79 Å². The molecule has 1 unspecified atom stereocenters. The molecule has 1 atom stereocenters. The Hall–Kier alpha value is -2.41. The summed E-state index contributed by atoms with van der Waals surface area (Å²) in [6.45, 7) is 0.767. The summed E-state index contributed by atoms with van der Waals surface area (Å²) in [7, 11) is 0. The van der Waals surface area contributed by atoms with E-state index < -0.39 is 0 Å². The van der Waals surface area contributed by atoms with Crippen molar-refractivity contribution in [2.24, 2.45) is 0 Å². The van der Waals surface area contributed by atoms with Crippen LogP contribution in [0.3, 0.4) is 0 Å². The zero-order valence-corrected chi connectivity index (χ0v) is 12.5. The van der Waals surface area contributed by atoms with Crippen molar-refractivity contribution in [2.75, 3.05) is 16.8 Å². The fraction of sp³-hybridized carbons (Fsp3) is 0.267. The van der Waals surface area contributed by atoms with Crippen LogP contribution >= 0.6 is 11.3 Å². The zero-order chi connectivity index (χ0) is 14.9. The van der Waals surface area contributed by atoms with Crippen LogP contribution in [0.15, 0.2) is 40.3 Å². The number of aromatic nitrogens is 2. The number of benzene rings is 1. The topological polar surface area (TPSA) is 71.3 Å². The Bertz CT molecular complexity index is 766. The van der Waals surface area contributed by atoms with Gasteiger partial charge < -0.3 is 14.6 Å². The third-order valence-corrected chi connectivity index (χ3v) is 4.43. The lowest BCUT2D eigenvalue weighted by molar-refractivity contribution is -0.117. The van der Waals surface area contributed by atoms with Gasteiger partial charge in [-0.05, 0) is 25.0 Å². The lowest BCUT2D eigenvalue weighted by Gasteiger charge is -2.21. The first-order valence-electron chi connectivity index (χ1n) is 7.14. The van der Waals surface area contributed by atoms with Gasteiger partial charge in [0.05, 0.1) is 0 Å². The summed E-state index contributed by atoms with van der Waals surface area (Å²) in [4.78, 5) is 23.0. The van der Waals surface area contributed by atoms with Gasteiger partial charge in [0, 0.05) is 18.1 Å². The highest BCUT2D eigenvalue weighted by atomic mass is 32.1. The largest absolute Gasteiger partial charge is 0.423 e. The normalized spacial score (nSPS) is 18.0. The quantitative estimate of drug-likeness (QED) is 0.805. The molecule has 1 aromatic carbocycles. The summed E-state index contributed by atoms with van der Waals surface area (Å²) in [5, 5.41) is 5.31. The van der Waals surface area contributed by atoms with Crippen LogP contribution in [0.4, 0.5) is 11.1 Å². The van der Waals surface area contributed by atoms with Crippen LogP contribution in [0, 0.1) is 0 Å². The molecular formula is C15H14N4O2S. The van der Waals surface area contributed by atoms with E-state index >= 15 is 0 Å². The Morgan fingerprint density at radius 1 is 1.41 bits per heavy atom. The van der Waals surface area contributed by atoms with Crippen molar-refractivity contribution in [1.29, 1.82) is 0 Å². The van der Waals surface area contributed by atoms with E-state index in [1.165, 1.54) is 11.3 Å². The molecule has 6 nitrogen and oxygen atoms in total. The highest BCUT2D eigenvalue weighted by Gasteiger charge is 2.34. The van der Waals surface area contributed by atoms with Gasteiger partial charge in [0.15, 0.2) is 10.7 Å². The summed E-state index contributed by atoms with van der Waals surface area (Å²) in [6, 6.07) is 7.87. The lowest BCUT2D eigenvalue weighted by atomic mass is 10.2. The second-order valence-corrected chi connectivity index (χ2v) is 6.04. The van der Waals surface area contributed by atoms with Crippen molar-refractivity contribution in [3.05, 3.63) is 35.8 Å². The maximum Gasteiger partial charge on any atom is 0.299 e. The van der Waals surface area contributed by atoms with E-state index in [1.807, 2.05) is 34.5 Å². The predicted octanol–water partition coefficient (Wildman–Crippen LogP) is 2.89. The van der Waals surface area contributed by atoms with Crippen molar-refractivity contribution >= 4 is 39.5 Å². The molecule has 0 spiro atoms. The van der Waals surface area contributed by atoms with Crippen LogP contribution in [0.5, 0.6) is 0 Å². The number of nitrogens with zero attached hydrogens (tertiary/aromatic N) is 3. The first-order chi connectivity index (χ1) is 10.8. The Kier molecular flexibility index (Phi) is 3.27. The monoisotopic (exact) mass is 314 g/mol. The van der Waals surface area contributed by atoms with Gasteiger partial charge >= 0.3 is 0 Å². The smallest absolute Gasteiger partial charge is 0.299 e. The number of para-hydroxylation sites is 2. The van der Waals surface area contributed by atoms with E-state index in [-0.39, 0.29) is 11.9 Å². The number of nitrogens with one attached hydrogen (secondary N) is 1. The number of rotatable bonds is 3. The molecule has 0 aliphatic carbocycles. The maximum atomic E-state index is 12.5. The first-order valence-corrected chi connectivity index (χ1v) is 8.02. The molecule has 112 valence electrons. The van der Waals surface area contributed by atoms with Gasteiger partial charge in [-0.3, -0.25) is 4.79 Å². The first kappa shape index (κ1) is 13.3. The number of carbonyl (C=O) groups is 1. The zero-order valence-electron chi connectivity index (χ0n) is 11.7. The SMILES string of the molecule is O=C(Nc1nccs1)C1CCCN1c1nc2ccccc2o1. The van der Waals surface area contributed by atoms with Crippen molar-refractivity contribution in [1.82, 2.24) is 9.97 Å². The van der Waals surface area contributed by atoms with Crippen molar-refractivity contribution in [3.63, 3.8) is 0 Å². The van der Waals surface area contributed by atoms with Crippen LogP contribution in [-0.4, -0.2) is 28.5 Å². The van der Waals surface area contributed by atoms with Crippen LogP contribution in [0.1, 0.15) is 12.8 Å². The molecule has 7 heteroatoms. The molecule has 2 aromatic heterocycles. The molecular weight excluding hydrogens is 300 g/mol. The number of hydrogen-bond donors (Lipinski definition) is 1. The molecule has 3 heterocycles. The molecule has 4 rings (SSSR count). The van der Waals surface area contributed by atoms with Crippen LogP contribution in [0.25, 0.3) is 11.1 Å². The molecule has 1 aliphatic rings. The van der Waals surface area contributed by atoms with Crippen LogP contribution in [-0.2, 0) is 4.79 Å². The minimum atomic E-state index is -0.267. The number of fused-ring (bicyclic) bond motifs is 1. The lowest BCUT2D eigenvalue weighted by Crippen LogP contribution is -2.39. The number of carbonyl (C=O) groups excluding carboxylic acids is 1. The number of oxazole rings is 1. The summed E-state index contributed by atoms with van der Waals surface area (Å²) in [5.41, 5.74) is 1.55. The molecule has 22 heavy (non-hydrogen) atoms. The summed E-state index contributed by atoms with van der Waals surface area (Å²) in [6.07, 6.45) is 3.40. The summed E-state index contributed by atoms with van der Waals surface area (Å²) in [5.74, 6) is -0.0605. The van der Waals surface area contributed by atoms with E-state index in [2.05, 4.69) is 15.3 Å². The van der Waals surface area contributed by atoms with Crippen molar-refractivity contribution in [2.45, 2.75) is 18.9 Å². The van der Waals surface area contributed by atoms with Gasteiger partial charge in [-0.15, -0.1) is 11.3 Å². The van der Waals surface area contributed by atoms with Gasteiger partial charge in [0.2, 0.25) is 5.91 Å². The Labute approximate surface area is 130 Å². The summed E-state index contributed by atoms with van der Waals surface area (Å²) < 4.78 is 5.79. The van der Waals surface area contributed by atoms with Gasteiger partial charge in [-0.1, -0.05) is 12.1 Å². The molecule has 1 fully saturated rings. The maximum absolute atomic E-state index is 12.5. The van der Waals surface area contributed by atoms with Gasteiger partial charge in [-0.2, -0.15) is 4.98 Å². The molecule has 3 aromatic rings. The molecule has 1 amide bonds. The molecule has 0 saturated carbocycles. The Morgan fingerprint density at radius 3 is 3.14 bits per heavy atom. The predicted molar refractivity (Wildman–Crippen MR) is 85.1 cm³/mol. The van der Waals surface area contributed by atoms with E-state index in [4.69, 9.17) is 4.42 Å². The van der Waals surface area contributed by atoms with Gasteiger partial charge in [-0.25, -0.2) is 4.98 Å². The number of anilines is 2. The van der Waals surface area contributed by atoms with Crippen LogP contribution < -0.4 is 10.2 Å². The van der Waals surface area contributed by atoms with Crippen molar-refractivity contribution in [3.8, 4) is 0 Å². The second kappa shape index (κ2) is 5.42. The highest BCUT2D eigenvalue weighted by molar-refractivity contribution is 7.13. The fourth-order valence-corrected chi connectivity index (χ4v) is 3.26. The van der Waals surface area contributed by atoms with E-state index in [1.54, 1.807) is 6.20 Å². The summed E-state index contributed by atoms with van der Waals surface area (Å²) >= 11 is 1.41. The third kappa shape index (κ3) is 2.33.